The molecule has 23 heavy (non-hydrogen) atoms. The third-order valence-electron chi connectivity index (χ3n) is 4.85. The van der Waals surface area contributed by atoms with Gasteiger partial charge in [-0.25, -0.2) is 0 Å². The number of hydrogen-bond acceptors (Lipinski definition) is 3. The second kappa shape index (κ2) is 4.83. The van der Waals surface area contributed by atoms with Gasteiger partial charge in [-0.2, -0.15) is 23.4 Å². The van der Waals surface area contributed by atoms with Crippen LogP contribution in [0.4, 0.5) is 13.2 Å². The van der Waals surface area contributed by atoms with Crippen LogP contribution in [0, 0.1) is 0 Å². The van der Waals surface area contributed by atoms with Gasteiger partial charge in [-0.15, -0.1) is 0 Å². The summed E-state index contributed by atoms with van der Waals surface area (Å²) in [6, 6.07) is 1.72. The molecule has 0 amide bonds. The van der Waals surface area contributed by atoms with E-state index in [9.17, 15) is 13.2 Å². The van der Waals surface area contributed by atoms with E-state index in [-0.39, 0.29) is 6.04 Å². The fourth-order valence-electron chi connectivity index (χ4n) is 3.88. The largest absolute Gasteiger partial charge is 0.433 e. The fourth-order valence-corrected chi connectivity index (χ4v) is 3.88. The number of nitrogens with zero attached hydrogens (tertiary/aromatic N) is 4. The minimum Gasteiger partial charge on any atom is -0.305 e. The first-order valence-electron chi connectivity index (χ1n) is 7.78. The number of halogens is 3. The van der Waals surface area contributed by atoms with Gasteiger partial charge >= 0.3 is 6.18 Å². The highest BCUT2D eigenvalue weighted by Crippen LogP contribution is 2.39. The predicted octanol–water partition coefficient (Wildman–Crippen LogP) is 2.58. The fraction of sp³-hybridized carbons (Fsp3) is 0.600. The lowest BCUT2D eigenvalue weighted by molar-refractivity contribution is -0.143. The summed E-state index contributed by atoms with van der Waals surface area (Å²) in [5, 5.41) is 12.2. The Morgan fingerprint density at radius 2 is 1.96 bits per heavy atom. The van der Waals surface area contributed by atoms with E-state index in [2.05, 4.69) is 15.5 Å². The summed E-state index contributed by atoms with van der Waals surface area (Å²) in [6.45, 7) is 0. The lowest BCUT2D eigenvalue weighted by Crippen LogP contribution is -2.42. The number of hydrogen-bond donors (Lipinski definition) is 1. The van der Waals surface area contributed by atoms with Gasteiger partial charge in [0, 0.05) is 25.7 Å². The average molecular weight is 325 g/mol. The Morgan fingerprint density at radius 1 is 1.17 bits per heavy atom. The van der Waals surface area contributed by atoms with Gasteiger partial charge in [0.05, 0.1) is 17.4 Å². The Hall–Kier alpha value is -1.83. The van der Waals surface area contributed by atoms with Crippen molar-refractivity contribution in [2.45, 2.75) is 43.9 Å². The second-order valence-corrected chi connectivity index (χ2v) is 6.42. The van der Waals surface area contributed by atoms with Crippen molar-refractivity contribution in [1.29, 1.82) is 0 Å². The summed E-state index contributed by atoms with van der Waals surface area (Å²) in [5.74, 6) is 0. The molecule has 0 saturated carbocycles. The predicted molar refractivity (Wildman–Crippen MR) is 77.6 cm³/mol. The summed E-state index contributed by atoms with van der Waals surface area (Å²) < 4.78 is 41.7. The molecule has 8 heteroatoms. The molecule has 2 unspecified atom stereocenters. The molecule has 1 N–H and O–H groups in total. The van der Waals surface area contributed by atoms with Crippen LogP contribution in [0.1, 0.15) is 42.3 Å². The van der Waals surface area contributed by atoms with Gasteiger partial charge in [0.25, 0.3) is 0 Å². The number of alkyl halides is 3. The van der Waals surface area contributed by atoms with Crippen molar-refractivity contribution in [3.8, 4) is 11.4 Å². The van der Waals surface area contributed by atoms with Crippen molar-refractivity contribution in [2.75, 3.05) is 0 Å². The van der Waals surface area contributed by atoms with E-state index < -0.39 is 11.9 Å². The van der Waals surface area contributed by atoms with Gasteiger partial charge < -0.3 is 5.32 Å². The Labute approximate surface area is 131 Å². The van der Waals surface area contributed by atoms with Crippen molar-refractivity contribution >= 4 is 0 Å². The Morgan fingerprint density at radius 3 is 2.65 bits per heavy atom. The van der Waals surface area contributed by atoms with Gasteiger partial charge in [-0.3, -0.25) is 9.36 Å². The lowest BCUT2D eigenvalue weighted by Gasteiger charge is -2.35. The highest BCUT2D eigenvalue weighted by molar-refractivity contribution is 5.62. The quantitative estimate of drug-likeness (QED) is 0.877. The summed E-state index contributed by atoms with van der Waals surface area (Å²) in [6.07, 6.45) is -0.324. The smallest absolute Gasteiger partial charge is 0.305 e. The van der Waals surface area contributed by atoms with Gasteiger partial charge in [-0.1, -0.05) is 0 Å². The van der Waals surface area contributed by atoms with Crippen LogP contribution in [0.25, 0.3) is 11.4 Å². The molecule has 1 saturated heterocycles. The van der Waals surface area contributed by atoms with E-state index in [1.807, 2.05) is 0 Å². The highest BCUT2D eigenvalue weighted by atomic mass is 19.4. The molecule has 0 radical (unpaired) electrons. The molecule has 4 rings (SSSR count). The first-order valence-corrected chi connectivity index (χ1v) is 7.78. The zero-order valence-corrected chi connectivity index (χ0v) is 13.0. The van der Waals surface area contributed by atoms with Crippen LogP contribution in [0.3, 0.4) is 0 Å². The molecular formula is C15H18F3N5. The minimum absolute atomic E-state index is 0.211. The molecule has 0 aliphatic carbocycles. The van der Waals surface area contributed by atoms with Crippen molar-refractivity contribution in [3.63, 3.8) is 0 Å². The third kappa shape index (κ3) is 2.27. The SMILES string of the molecule is Cn1nc(-c2c3c(nn2C)C2CCCC(C3)N2)cc1C(F)(F)F. The zero-order valence-electron chi connectivity index (χ0n) is 13.0. The van der Waals surface area contributed by atoms with Gasteiger partial charge in [0.2, 0.25) is 0 Å². The number of rotatable bonds is 1. The van der Waals surface area contributed by atoms with Gasteiger partial charge in [0.1, 0.15) is 11.4 Å². The third-order valence-corrected chi connectivity index (χ3v) is 4.85. The van der Waals surface area contributed by atoms with Crippen LogP contribution in [-0.4, -0.2) is 25.6 Å². The highest BCUT2D eigenvalue weighted by Gasteiger charge is 2.38. The molecule has 2 aliphatic heterocycles. The van der Waals surface area contributed by atoms with E-state index in [0.717, 1.165) is 47.7 Å². The van der Waals surface area contributed by atoms with Crippen molar-refractivity contribution in [2.24, 2.45) is 14.1 Å². The van der Waals surface area contributed by atoms with Crippen LogP contribution in [0.5, 0.6) is 0 Å². The maximum atomic E-state index is 13.0. The summed E-state index contributed by atoms with van der Waals surface area (Å²) in [5.41, 5.74) is 2.34. The number of aromatic nitrogens is 4. The van der Waals surface area contributed by atoms with Crippen LogP contribution in [0.2, 0.25) is 0 Å². The summed E-state index contributed by atoms with van der Waals surface area (Å²) >= 11 is 0. The molecule has 5 nitrogen and oxygen atoms in total. The molecule has 2 atom stereocenters. The number of piperidine rings is 1. The van der Waals surface area contributed by atoms with Crippen molar-refractivity contribution < 1.29 is 13.2 Å². The molecule has 2 bridgehead atoms. The maximum absolute atomic E-state index is 13.0. The maximum Gasteiger partial charge on any atom is 0.433 e. The monoisotopic (exact) mass is 325 g/mol. The molecule has 2 aromatic heterocycles. The van der Waals surface area contributed by atoms with Gasteiger partial charge in [0.15, 0.2) is 0 Å². The molecule has 0 aromatic carbocycles. The van der Waals surface area contributed by atoms with Crippen LogP contribution in [0.15, 0.2) is 6.07 Å². The number of nitrogens with one attached hydrogen (secondary N) is 1. The van der Waals surface area contributed by atoms with E-state index >= 15 is 0 Å². The Kier molecular flexibility index (Phi) is 3.10. The molecule has 2 aliphatic rings. The first-order chi connectivity index (χ1) is 10.8. The van der Waals surface area contributed by atoms with Crippen LogP contribution in [-0.2, 0) is 26.7 Å². The van der Waals surface area contributed by atoms with Crippen LogP contribution < -0.4 is 5.32 Å². The van der Waals surface area contributed by atoms with E-state index in [4.69, 9.17) is 0 Å². The van der Waals surface area contributed by atoms with Gasteiger partial charge in [-0.05, 0) is 31.7 Å². The molecule has 0 spiro atoms. The van der Waals surface area contributed by atoms with E-state index in [1.54, 1.807) is 11.7 Å². The zero-order chi connectivity index (χ0) is 16.4. The summed E-state index contributed by atoms with van der Waals surface area (Å²) in [4.78, 5) is 0. The number of fused-ring (bicyclic) bond motifs is 4. The second-order valence-electron chi connectivity index (χ2n) is 6.42. The normalized spacial score (nSPS) is 23.9. The van der Waals surface area contributed by atoms with Crippen molar-refractivity contribution in [3.05, 3.63) is 23.0 Å². The molecule has 2 aromatic rings. The first kappa shape index (κ1) is 14.7. The molecular weight excluding hydrogens is 307 g/mol. The summed E-state index contributed by atoms with van der Waals surface area (Å²) in [7, 11) is 3.10. The standard InChI is InChI=1S/C15H18F3N5/c1-22-12(15(16,17)18)7-11(20-22)14-9-6-8-4-3-5-10(19-8)13(9)21-23(14)2/h7-8,10,19H,3-6H2,1-2H3. The molecule has 1 fully saturated rings. The Balaban J connectivity index is 1.83. The van der Waals surface area contributed by atoms with E-state index in [0.29, 0.717) is 17.4 Å². The topological polar surface area (TPSA) is 47.7 Å². The molecule has 124 valence electrons. The lowest BCUT2D eigenvalue weighted by atomic mass is 9.84. The van der Waals surface area contributed by atoms with Crippen molar-refractivity contribution in [1.82, 2.24) is 24.9 Å². The van der Waals surface area contributed by atoms with E-state index in [1.165, 1.54) is 7.05 Å². The molecule has 4 heterocycles. The number of aryl methyl sites for hydroxylation is 2. The average Bonchev–Trinajstić information content (AvgIpc) is 2.99. The van der Waals surface area contributed by atoms with Crippen LogP contribution >= 0.6 is 0 Å². The minimum atomic E-state index is -4.41. The Bertz CT molecular complexity index is 758.